The van der Waals surface area contributed by atoms with Gasteiger partial charge in [-0.1, -0.05) is 15.9 Å². The molecule has 1 fully saturated rings. The standard InChI is InChI=1S/C9H8BrNO3.C9H9NO3/c1-6-4-7(9(12)5-10)2-3-8(6)11(13)14;1-6-4-7(9-5-13-9)2-3-8(6)10(11)12/h2-4H,5H2,1H3;2-4,9H,5H2,1H3. The van der Waals surface area contributed by atoms with Gasteiger partial charge in [0.15, 0.2) is 5.78 Å². The van der Waals surface area contributed by atoms with Crippen LogP contribution < -0.4 is 0 Å². The molecule has 0 radical (unpaired) electrons. The molecule has 3 rings (SSSR count). The summed E-state index contributed by atoms with van der Waals surface area (Å²) in [6.45, 7) is 4.09. The number of halogens is 1. The largest absolute Gasteiger partial charge is 0.368 e. The molecule has 1 aliphatic heterocycles. The van der Waals surface area contributed by atoms with E-state index in [4.69, 9.17) is 4.74 Å². The molecule has 27 heavy (non-hydrogen) atoms. The van der Waals surface area contributed by atoms with Crippen molar-refractivity contribution in [3.8, 4) is 0 Å². The maximum Gasteiger partial charge on any atom is 0.272 e. The van der Waals surface area contributed by atoms with E-state index < -0.39 is 4.92 Å². The summed E-state index contributed by atoms with van der Waals surface area (Å²) in [5, 5.41) is 21.2. The second-order valence-corrected chi connectivity index (χ2v) is 6.50. The third kappa shape index (κ3) is 5.41. The lowest BCUT2D eigenvalue weighted by Gasteiger charge is -2.00. The van der Waals surface area contributed by atoms with Crippen molar-refractivity contribution >= 4 is 33.1 Å². The maximum absolute atomic E-state index is 11.2. The van der Waals surface area contributed by atoms with E-state index in [9.17, 15) is 25.0 Å². The summed E-state index contributed by atoms with van der Waals surface area (Å²) in [5.41, 5.74) is 2.92. The smallest absolute Gasteiger partial charge is 0.272 e. The Labute approximate surface area is 163 Å². The number of alkyl halides is 1. The highest BCUT2D eigenvalue weighted by molar-refractivity contribution is 9.09. The first kappa shape index (κ1) is 20.7. The summed E-state index contributed by atoms with van der Waals surface area (Å²) < 4.78 is 5.08. The number of Topliss-reactive ketones (excluding diaryl/α,β-unsaturated/α-hetero) is 1. The summed E-state index contributed by atoms with van der Waals surface area (Å²) >= 11 is 3.04. The van der Waals surface area contributed by atoms with Crippen LogP contribution in [0.5, 0.6) is 0 Å². The molecule has 0 bridgehead atoms. The molecule has 0 N–H and O–H groups in total. The number of nitro benzene ring substituents is 2. The number of carbonyl (C=O) groups is 1. The number of ether oxygens (including phenoxy) is 1. The van der Waals surface area contributed by atoms with Crippen LogP contribution in [0.15, 0.2) is 36.4 Å². The molecule has 1 atom stereocenters. The van der Waals surface area contributed by atoms with Gasteiger partial charge in [-0.3, -0.25) is 25.0 Å². The van der Waals surface area contributed by atoms with E-state index in [1.807, 2.05) is 6.07 Å². The lowest BCUT2D eigenvalue weighted by molar-refractivity contribution is -0.385. The fourth-order valence-electron chi connectivity index (χ4n) is 2.44. The van der Waals surface area contributed by atoms with Gasteiger partial charge in [-0.15, -0.1) is 0 Å². The van der Waals surface area contributed by atoms with Gasteiger partial charge in [-0.25, -0.2) is 0 Å². The summed E-state index contributed by atoms with van der Waals surface area (Å²) in [6, 6.07) is 9.45. The van der Waals surface area contributed by atoms with Gasteiger partial charge in [-0.2, -0.15) is 0 Å². The van der Waals surface area contributed by atoms with Crippen molar-refractivity contribution in [2.75, 3.05) is 11.9 Å². The number of hydrogen-bond donors (Lipinski definition) is 0. The van der Waals surface area contributed by atoms with Gasteiger partial charge in [0.2, 0.25) is 0 Å². The van der Waals surface area contributed by atoms with Crippen LogP contribution in [-0.2, 0) is 4.74 Å². The van der Waals surface area contributed by atoms with Crippen LogP contribution in [0.2, 0.25) is 0 Å². The van der Waals surface area contributed by atoms with Gasteiger partial charge < -0.3 is 4.74 Å². The van der Waals surface area contributed by atoms with Crippen LogP contribution in [0, 0.1) is 34.1 Å². The van der Waals surface area contributed by atoms with Crippen molar-refractivity contribution in [2.24, 2.45) is 0 Å². The Hall–Kier alpha value is -2.65. The monoisotopic (exact) mass is 436 g/mol. The van der Waals surface area contributed by atoms with Crippen LogP contribution in [0.4, 0.5) is 11.4 Å². The van der Waals surface area contributed by atoms with Gasteiger partial charge in [0.1, 0.15) is 6.10 Å². The van der Waals surface area contributed by atoms with Gasteiger partial charge >= 0.3 is 0 Å². The van der Waals surface area contributed by atoms with Gasteiger partial charge in [0.25, 0.3) is 11.4 Å². The molecule has 2 aromatic carbocycles. The van der Waals surface area contributed by atoms with Crippen molar-refractivity contribution in [2.45, 2.75) is 20.0 Å². The molecular formula is C18H17BrN2O6. The first-order valence-electron chi connectivity index (χ1n) is 7.95. The Kier molecular flexibility index (Phi) is 6.75. The number of nitro groups is 2. The summed E-state index contributed by atoms with van der Waals surface area (Å²) in [6.07, 6.45) is 0.166. The first-order valence-corrected chi connectivity index (χ1v) is 9.07. The number of aryl methyl sites for hydroxylation is 2. The Balaban J connectivity index is 0.000000194. The third-order valence-electron chi connectivity index (χ3n) is 3.96. The second-order valence-electron chi connectivity index (χ2n) is 5.94. The number of epoxide rings is 1. The third-order valence-corrected chi connectivity index (χ3v) is 4.47. The maximum atomic E-state index is 11.2. The van der Waals surface area contributed by atoms with Crippen LogP contribution >= 0.6 is 15.9 Å². The highest BCUT2D eigenvalue weighted by Gasteiger charge is 2.26. The van der Waals surface area contributed by atoms with Crippen molar-refractivity contribution in [1.29, 1.82) is 0 Å². The zero-order valence-corrected chi connectivity index (χ0v) is 16.3. The van der Waals surface area contributed by atoms with Crippen molar-refractivity contribution < 1.29 is 19.4 Å². The van der Waals surface area contributed by atoms with E-state index in [-0.39, 0.29) is 33.5 Å². The molecule has 0 aliphatic carbocycles. The Morgan fingerprint density at radius 2 is 1.59 bits per heavy atom. The highest BCUT2D eigenvalue weighted by atomic mass is 79.9. The minimum atomic E-state index is -0.461. The molecular weight excluding hydrogens is 420 g/mol. The second kappa shape index (κ2) is 8.83. The number of ketones is 1. The van der Waals surface area contributed by atoms with E-state index in [1.165, 1.54) is 24.3 Å². The Bertz CT molecular complexity index is 895. The molecule has 0 spiro atoms. The molecule has 1 heterocycles. The molecule has 1 saturated heterocycles. The average molecular weight is 437 g/mol. The number of carbonyl (C=O) groups excluding carboxylic acids is 1. The quantitative estimate of drug-likeness (QED) is 0.224. The predicted molar refractivity (Wildman–Crippen MR) is 102 cm³/mol. The van der Waals surface area contributed by atoms with Crippen molar-refractivity contribution in [1.82, 2.24) is 0 Å². The molecule has 0 saturated carbocycles. The summed E-state index contributed by atoms with van der Waals surface area (Å²) in [4.78, 5) is 31.4. The first-order chi connectivity index (χ1) is 12.7. The summed E-state index contributed by atoms with van der Waals surface area (Å²) in [7, 11) is 0. The van der Waals surface area contributed by atoms with Gasteiger partial charge in [0, 0.05) is 28.8 Å². The van der Waals surface area contributed by atoms with E-state index in [1.54, 1.807) is 19.9 Å². The molecule has 2 aromatic rings. The van der Waals surface area contributed by atoms with Gasteiger partial charge in [0.05, 0.1) is 21.8 Å². The van der Waals surface area contributed by atoms with E-state index in [0.29, 0.717) is 16.7 Å². The minimum Gasteiger partial charge on any atom is -0.368 e. The zero-order chi connectivity index (χ0) is 20.1. The van der Waals surface area contributed by atoms with E-state index >= 15 is 0 Å². The predicted octanol–water partition coefficient (Wildman–Crippen LogP) is 4.46. The van der Waals surface area contributed by atoms with E-state index in [2.05, 4.69) is 15.9 Å². The van der Waals surface area contributed by atoms with Gasteiger partial charge in [-0.05, 0) is 43.7 Å². The van der Waals surface area contributed by atoms with E-state index in [0.717, 1.165) is 12.2 Å². The number of benzene rings is 2. The SMILES string of the molecule is Cc1cc(C(=O)CBr)ccc1[N+](=O)[O-].Cc1cc(C2CO2)ccc1[N+](=O)[O-]. The van der Waals surface area contributed by atoms with Crippen LogP contribution in [0.1, 0.15) is 33.2 Å². The Morgan fingerprint density at radius 1 is 1.07 bits per heavy atom. The van der Waals surface area contributed by atoms with Crippen LogP contribution in [0.25, 0.3) is 0 Å². The van der Waals surface area contributed by atoms with Crippen molar-refractivity contribution in [3.05, 3.63) is 78.9 Å². The average Bonchev–Trinajstić information content (AvgIpc) is 3.46. The Morgan fingerprint density at radius 3 is 2.00 bits per heavy atom. The molecule has 1 aliphatic rings. The van der Waals surface area contributed by atoms with Crippen LogP contribution in [-0.4, -0.2) is 27.6 Å². The normalized spacial score (nSPS) is 14.7. The summed E-state index contributed by atoms with van der Waals surface area (Å²) in [5.74, 6) is -0.0806. The highest BCUT2D eigenvalue weighted by Crippen LogP contribution is 2.32. The molecule has 8 nitrogen and oxygen atoms in total. The van der Waals surface area contributed by atoms with Crippen molar-refractivity contribution in [3.63, 3.8) is 0 Å². The van der Waals surface area contributed by atoms with Crippen LogP contribution in [0.3, 0.4) is 0 Å². The number of hydrogen-bond acceptors (Lipinski definition) is 6. The fourth-order valence-corrected chi connectivity index (χ4v) is 2.76. The number of nitrogens with zero attached hydrogens (tertiary/aromatic N) is 2. The number of rotatable bonds is 5. The zero-order valence-electron chi connectivity index (χ0n) is 14.7. The molecule has 9 heteroatoms. The molecule has 142 valence electrons. The topological polar surface area (TPSA) is 116 Å². The fraction of sp³-hybridized carbons (Fsp3) is 0.278. The molecule has 0 amide bonds. The molecule has 0 aromatic heterocycles. The minimum absolute atomic E-state index is 0.0381. The molecule has 1 unspecified atom stereocenters. The lowest BCUT2D eigenvalue weighted by Crippen LogP contribution is -2.01. The lowest BCUT2D eigenvalue weighted by atomic mass is 10.1.